The van der Waals surface area contributed by atoms with E-state index in [1.807, 2.05) is 30.3 Å². The first-order chi connectivity index (χ1) is 13.0. The van der Waals surface area contributed by atoms with Crippen molar-refractivity contribution in [2.75, 3.05) is 5.75 Å². The molecule has 0 spiro atoms. The van der Waals surface area contributed by atoms with Crippen molar-refractivity contribution in [1.82, 2.24) is 4.57 Å². The van der Waals surface area contributed by atoms with Crippen LogP contribution in [-0.4, -0.2) is 21.6 Å². The molecule has 1 aromatic heterocycles. The van der Waals surface area contributed by atoms with Gasteiger partial charge in [0.15, 0.2) is 0 Å². The molecule has 0 aliphatic heterocycles. The summed E-state index contributed by atoms with van der Waals surface area (Å²) in [6.45, 7) is 0.287. The average molecular weight is 509 g/mol. The Hall–Kier alpha value is -1.50. The highest BCUT2D eigenvalue weighted by Crippen LogP contribution is 2.34. The SMILES string of the molecule is Oc1cccc(SCC(F)Cn2c3ccc(Br)cc3c3cc(Br)ccc32)c1. The maximum absolute atomic E-state index is 14.8. The van der Waals surface area contributed by atoms with Crippen molar-refractivity contribution >= 4 is 65.4 Å². The van der Waals surface area contributed by atoms with Crippen LogP contribution in [0.25, 0.3) is 21.8 Å². The summed E-state index contributed by atoms with van der Waals surface area (Å²) < 4.78 is 18.9. The Labute approximate surface area is 177 Å². The van der Waals surface area contributed by atoms with Crippen LogP contribution in [0.4, 0.5) is 4.39 Å². The van der Waals surface area contributed by atoms with Crippen molar-refractivity contribution in [2.24, 2.45) is 0 Å². The van der Waals surface area contributed by atoms with Gasteiger partial charge in [0.05, 0.1) is 6.54 Å². The largest absolute Gasteiger partial charge is 0.508 e. The first-order valence-corrected chi connectivity index (χ1v) is 11.0. The lowest BCUT2D eigenvalue weighted by Crippen LogP contribution is -2.13. The van der Waals surface area contributed by atoms with Crippen LogP contribution >= 0.6 is 43.6 Å². The molecule has 0 radical (unpaired) electrons. The van der Waals surface area contributed by atoms with E-state index in [4.69, 9.17) is 0 Å². The maximum atomic E-state index is 14.8. The first kappa shape index (κ1) is 18.8. The van der Waals surface area contributed by atoms with Gasteiger partial charge in [-0.15, -0.1) is 11.8 Å². The summed E-state index contributed by atoms with van der Waals surface area (Å²) in [5.74, 6) is 0.534. The smallest absolute Gasteiger partial charge is 0.127 e. The third-order valence-electron chi connectivity index (χ3n) is 4.42. The highest BCUT2D eigenvalue weighted by Gasteiger charge is 2.16. The van der Waals surface area contributed by atoms with Crippen molar-refractivity contribution in [2.45, 2.75) is 17.6 Å². The summed E-state index contributed by atoms with van der Waals surface area (Å²) in [7, 11) is 0. The number of thioether (sulfide) groups is 1. The number of aromatic hydroxyl groups is 1. The fourth-order valence-electron chi connectivity index (χ4n) is 3.26. The molecule has 4 rings (SSSR count). The molecule has 0 aliphatic rings. The summed E-state index contributed by atoms with van der Waals surface area (Å²) in [6.07, 6.45) is -1.01. The van der Waals surface area contributed by atoms with Gasteiger partial charge >= 0.3 is 0 Å². The van der Waals surface area contributed by atoms with Gasteiger partial charge in [0.25, 0.3) is 0 Å². The molecule has 1 N–H and O–H groups in total. The Kier molecular flexibility index (Phi) is 5.48. The molecule has 1 heterocycles. The third-order valence-corrected chi connectivity index (χ3v) is 6.52. The maximum Gasteiger partial charge on any atom is 0.127 e. The number of phenols is 1. The van der Waals surface area contributed by atoms with Crippen LogP contribution in [0.2, 0.25) is 0 Å². The zero-order valence-corrected chi connectivity index (χ0v) is 18.2. The van der Waals surface area contributed by atoms with Crippen LogP contribution in [0.15, 0.2) is 74.5 Å². The summed E-state index contributed by atoms with van der Waals surface area (Å²) >= 11 is 8.49. The topological polar surface area (TPSA) is 25.2 Å². The lowest BCUT2D eigenvalue weighted by atomic mass is 10.2. The van der Waals surface area contributed by atoms with Crippen LogP contribution in [0.5, 0.6) is 5.75 Å². The van der Waals surface area contributed by atoms with E-state index < -0.39 is 6.17 Å². The van der Waals surface area contributed by atoms with Gasteiger partial charge in [-0.3, -0.25) is 0 Å². The Morgan fingerprint density at radius 3 is 2.15 bits per heavy atom. The zero-order chi connectivity index (χ0) is 19.0. The molecule has 1 unspecified atom stereocenters. The van der Waals surface area contributed by atoms with Gasteiger partial charge in [-0.25, -0.2) is 4.39 Å². The van der Waals surface area contributed by atoms with E-state index in [0.717, 1.165) is 35.6 Å². The molecule has 2 nitrogen and oxygen atoms in total. The molecule has 3 aromatic carbocycles. The van der Waals surface area contributed by atoms with Gasteiger partial charge < -0.3 is 9.67 Å². The molecule has 138 valence electrons. The molecular weight excluding hydrogens is 493 g/mol. The highest BCUT2D eigenvalue weighted by atomic mass is 79.9. The Bertz CT molecular complexity index is 1070. The van der Waals surface area contributed by atoms with Crippen LogP contribution in [-0.2, 0) is 6.54 Å². The molecule has 0 amide bonds. The Morgan fingerprint density at radius 1 is 0.926 bits per heavy atom. The van der Waals surface area contributed by atoms with Gasteiger partial charge in [-0.1, -0.05) is 37.9 Å². The first-order valence-electron chi connectivity index (χ1n) is 8.44. The molecule has 0 saturated heterocycles. The minimum absolute atomic E-state index is 0.203. The Morgan fingerprint density at radius 2 is 1.56 bits per heavy atom. The van der Waals surface area contributed by atoms with Gasteiger partial charge in [0.2, 0.25) is 0 Å². The molecular formula is C21H16Br2FNOS. The van der Waals surface area contributed by atoms with Crippen LogP contribution in [0, 0.1) is 0 Å². The second kappa shape index (κ2) is 7.86. The van der Waals surface area contributed by atoms with E-state index in [0.29, 0.717) is 5.75 Å². The average Bonchev–Trinajstić information content (AvgIpc) is 2.92. The molecule has 1 atom stereocenters. The minimum atomic E-state index is -1.01. The monoisotopic (exact) mass is 507 g/mol. The van der Waals surface area contributed by atoms with Gasteiger partial charge in [-0.2, -0.15) is 0 Å². The van der Waals surface area contributed by atoms with Crippen molar-refractivity contribution in [3.63, 3.8) is 0 Å². The number of hydrogen-bond acceptors (Lipinski definition) is 2. The van der Waals surface area contributed by atoms with Crippen molar-refractivity contribution < 1.29 is 9.50 Å². The standard InChI is InChI=1S/C21H16Br2FNOS/c22-13-4-6-20-18(8-13)19-9-14(23)5-7-21(19)25(20)11-15(24)12-27-17-3-1-2-16(26)10-17/h1-10,15,26H,11-12H2. The lowest BCUT2D eigenvalue weighted by Gasteiger charge is -2.12. The van der Waals surface area contributed by atoms with Gasteiger partial charge in [-0.05, 0) is 54.6 Å². The van der Waals surface area contributed by atoms with Crippen molar-refractivity contribution in [1.29, 1.82) is 0 Å². The van der Waals surface area contributed by atoms with E-state index in [2.05, 4.69) is 48.6 Å². The van der Waals surface area contributed by atoms with E-state index in [9.17, 15) is 9.50 Å². The highest BCUT2D eigenvalue weighted by molar-refractivity contribution is 9.10. The number of benzene rings is 3. The molecule has 0 bridgehead atoms. The molecule has 0 saturated carbocycles. The van der Waals surface area contributed by atoms with Gasteiger partial charge in [0, 0.05) is 41.4 Å². The number of halogens is 3. The quantitative estimate of drug-likeness (QED) is 0.289. The summed E-state index contributed by atoms with van der Waals surface area (Å²) in [5.41, 5.74) is 2.05. The minimum Gasteiger partial charge on any atom is -0.508 e. The Balaban J connectivity index is 1.64. The number of rotatable bonds is 5. The predicted octanol–water partition coefficient (Wildman–Crippen LogP) is 7.16. The second-order valence-corrected chi connectivity index (χ2v) is 9.26. The van der Waals surface area contributed by atoms with Crippen LogP contribution in [0.3, 0.4) is 0 Å². The number of alkyl halides is 1. The summed E-state index contributed by atoms with van der Waals surface area (Å²) in [4.78, 5) is 0.868. The molecule has 27 heavy (non-hydrogen) atoms. The fraction of sp³-hybridized carbons (Fsp3) is 0.143. The van der Waals surface area contributed by atoms with Crippen molar-refractivity contribution in [3.8, 4) is 5.75 Å². The van der Waals surface area contributed by atoms with E-state index in [1.165, 1.54) is 11.8 Å². The number of aromatic nitrogens is 1. The number of phenolic OH excluding ortho intramolecular Hbond substituents is 1. The van der Waals surface area contributed by atoms with Crippen LogP contribution in [0.1, 0.15) is 0 Å². The molecule has 0 fully saturated rings. The fourth-order valence-corrected chi connectivity index (χ4v) is 4.84. The lowest BCUT2D eigenvalue weighted by molar-refractivity contribution is 0.333. The number of hydrogen-bond donors (Lipinski definition) is 1. The molecule has 0 aliphatic carbocycles. The summed E-state index contributed by atoms with van der Waals surface area (Å²) in [5, 5.41) is 11.8. The zero-order valence-electron chi connectivity index (χ0n) is 14.2. The second-order valence-electron chi connectivity index (χ2n) is 6.34. The molecule has 6 heteroatoms. The molecule has 4 aromatic rings. The van der Waals surface area contributed by atoms with Crippen LogP contribution < -0.4 is 0 Å². The van der Waals surface area contributed by atoms with E-state index in [1.54, 1.807) is 18.2 Å². The van der Waals surface area contributed by atoms with E-state index in [-0.39, 0.29) is 12.3 Å². The third kappa shape index (κ3) is 4.03. The normalized spacial score (nSPS) is 12.7. The predicted molar refractivity (Wildman–Crippen MR) is 119 cm³/mol. The van der Waals surface area contributed by atoms with E-state index >= 15 is 0 Å². The number of nitrogens with zero attached hydrogens (tertiary/aromatic N) is 1. The summed E-state index contributed by atoms with van der Waals surface area (Å²) in [6, 6.07) is 19.1. The van der Waals surface area contributed by atoms with Crippen molar-refractivity contribution in [3.05, 3.63) is 69.6 Å². The number of fused-ring (bicyclic) bond motifs is 3. The van der Waals surface area contributed by atoms with Gasteiger partial charge in [0.1, 0.15) is 11.9 Å².